The molecule has 1 aromatic carbocycles. The number of hydrogen-bond acceptors (Lipinski definition) is 2. The summed E-state index contributed by atoms with van der Waals surface area (Å²) >= 11 is 3.34. The quantitative estimate of drug-likeness (QED) is 0.945. The molecule has 1 aromatic heterocycles. The molecule has 1 atom stereocenters. The van der Waals surface area contributed by atoms with Crippen molar-refractivity contribution in [3.05, 3.63) is 64.4 Å². The second kappa shape index (κ2) is 5.78. The summed E-state index contributed by atoms with van der Waals surface area (Å²) < 4.78 is 0.955. The van der Waals surface area contributed by atoms with Gasteiger partial charge >= 0.3 is 0 Å². The molecule has 4 heteroatoms. The first-order valence-electron chi connectivity index (χ1n) is 5.64. The van der Waals surface area contributed by atoms with Crippen LogP contribution in [-0.2, 0) is 0 Å². The molecule has 1 N–H and O–H groups in total. The third kappa shape index (κ3) is 3.17. The normalized spacial score (nSPS) is 11.9. The maximum atomic E-state index is 12.0. The van der Waals surface area contributed by atoms with Gasteiger partial charge in [-0.25, -0.2) is 0 Å². The van der Waals surface area contributed by atoms with Crippen molar-refractivity contribution in [1.29, 1.82) is 0 Å². The summed E-state index contributed by atoms with van der Waals surface area (Å²) in [6.45, 7) is 1.92. The number of amides is 1. The first-order chi connectivity index (χ1) is 8.66. The van der Waals surface area contributed by atoms with E-state index in [0.29, 0.717) is 5.56 Å². The maximum absolute atomic E-state index is 12.0. The molecule has 0 saturated heterocycles. The number of hydrogen-bond donors (Lipinski definition) is 1. The summed E-state index contributed by atoms with van der Waals surface area (Å²) in [5.41, 5.74) is 1.49. The molecular formula is C14H13BrN2O. The third-order valence-corrected chi connectivity index (χ3v) is 3.11. The molecule has 1 heterocycles. The zero-order valence-corrected chi connectivity index (χ0v) is 11.5. The monoisotopic (exact) mass is 304 g/mol. The van der Waals surface area contributed by atoms with Crippen molar-refractivity contribution < 1.29 is 4.79 Å². The minimum absolute atomic E-state index is 0.0966. The molecule has 2 aromatic rings. The number of nitrogens with one attached hydrogen (secondary N) is 1. The van der Waals surface area contributed by atoms with Crippen LogP contribution in [0.15, 0.2) is 53.1 Å². The molecule has 0 fully saturated rings. The van der Waals surface area contributed by atoms with Gasteiger partial charge in [0.2, 0.25) is 0 Å². The van der Waals surface area contributed by atoms with Crippen molar-refractivity contribution in [3.8, 4) is 0 Å². The van der Waals surface area contributed by atoms with Gasteiger partial charge in [0.25, 0.3) is 5.91 Å². The van der Waals surface area contributed by atoms with Gasteiger partial charge in [-0.05, 0) is 43.3 Å². The van der Waals surface area contributed by atoms with Crippen molar-refractivity contribution in [3.63, 3.8) is 0 Å². The van der Waals surface area contributed by atoms with E-state index in [1.807, 2.05) is 37.3 Å². The highest BCUT2D eigenvalue weighted by molar-refractivity contribution is 9.10. The Kier molecular flexibility index (Phi) is 4.10. The first-order valence-corrected chi connectivity index (χ1v) is 6.43. The third-order valence-electron chi connectivity index (χ3n) is 2.59. The highest BCUT2D eigenvalue weighted by Gasteiger charge is 2.11. The number of aromatic nitrogens is 1. The molecule has 3 nitrogen and oxygen atoms in total. The minimum Gasteiger partial charge on any atom is -0.344 e. The van der Waals surface area contributed by atoms with Crippen molar-refractivity contribution in [1.82, 2.24) is 10.3 Å². The van der Waals surface area contributed by atoms with Crippen LogP contribution >= 0.6 is 15.9 Å². The molecule has 0 aliphatic rings. The highest BCUT2D eigenvalue weighted by atomic mass is 79.9. The largest absolute Gasteiger partial charge is 0.344 e. The van der Waals surface area contributed by atoms with Crippen molar-refractivity contribution in [2.24, 2.45) is 0 Å². The average molecular weight is 305 g/mol. The number of rotatable bonds is 3. The second-order valence-corrected chi connectivity index (χ2v) is 4.87. The number of carbonyl (C=O) groups is 1. The summed E-state index contributed by atoms with van der Waals surface area (Å²) in [5.74, 6) is -0.0966. The first kappa shape index (κ1) is 12.8. The molecule has 0 saturated carbocycles. The van der Waals surface area contributed by atoms with E-state index in [2.05, 4.69) is 26.2 Å². The second-order valence-electron chi connectivity index (χ2n) is 3.96. The van der Waals surface area contributed by atoms with Crippen LogP contribution in [-0.4, -0.2) is 10.9 Å². The predicted octanol–water partition coefficient (Wildman–Crippen LogP) is 3.34. The molecule has 0 spiro atoms. The topological polar surface area (TPSA) is 42.0 Å². The average Bonchev–Trinajstić information content (AvgIpc) is 2.40. The smallest absolute Gasteiger partial charge is 0.251 e. The Bertz CT molecular complexity index is 525. The van der Waals surface area contributed by atoms with Gasteiger partial charge in [-0.3, -0.25) is 9.78 Å². The number of carbonyl (C=O) groups excluding carboxylic acids is 1. The standard InChI is InChI=1S/C14H13BrN2O/c1-10(13-4-2-3-9-16-13)17-14(18)11-5-7-12(15)8-6-11/h2-10H,1H3,(H,17,18). The molecule has 0 bridgehead atoms. The molecule has 1 amide bonds. The number of benzene rings is 1. The summed E-state index contributed by atoms with van der Waals surface area (Å²) in [5, 5.41) is 2.92. The number of nitrogens with zero attached hydrogens (tertiary/aromatic N) is 1. The van der Waals surface area contributed by atoms with Crippen LogP contribution < -0.4 is 5.32 Å². The zero-order chi connectivity index (χ0) is 13.0. The van der Waals surface area contributed by atoms with Crippen molar-refractivity contribution in [2.45, 2.75) is 13.0 Å². The van der Waals surface area contributed by atoms with E-state index >= 15 is 0 Å². The summed E-state index contributed by atoms with van der Waals surface area (Å²) in [4.78, 5) is 16.2. The van der Waals surface area contributed by atoms with E-state index < -0.39 is 0 Å². The SMILES string of the molecule is CC(NC(=O)c1ccc(Br)cc1)c1ccccn1. The lowest BCUT2D eigenvalue weighted by Crippen LogP contribution is -2.27. The van der Waals surface area contributed by atoms with E-state index in [4.69, 9.17) is 0 Å². The lowest BCUT2D eigenvalue weighted by molar-refractivity contribution is 0.0939. The zero-order valence-electron chi connectivity index (χ0n) is 9.93. The van der Waals surface area contributed by atoms with Crippen LogP contribution in [0, 0.1) is 0 Å². The minimum atomic E-state index is -0.109. The van der Waals surface area contributed by atoms with E-state index in [1.165, 1.54) is 0 Å². The van der Waals surface area contributed by atoms with Crippen LogP contribution in [0.5, 0.6) is 0 Å². The van der Waals surface area contributed by atoms with Gasteiger partial charge in [0.1, 0.15) is 0 Å². The Morgan fingerprint density at radius 3 is 2.56 bits per heavy atom. The predicted molar refractivity (Wildman–Crippen MR) is 74.3 cm³/mol. The lowest BCUT2D eigenvalue weighted by Gasteiger charge is -2.13. The van der Waals surface area contributed by atoms with Crippen LogP contribution in [0.1, 0.15) is 29.0 Å². The molecule has 18 heavy (non-hydrogen) atoms. The molecule has 0 aliphatic carbocycles. The molecule has 92 valence electrons. The Labute approximate surface area is 114 Å². The van der Waals surface area contributed by atoms with Crippen LogP contribution in [0.4, 0.5) is 0 Å². The fourth-order valence-corrected chi connectivity index (χ4v) is 1.85. The fraction of sp³-hybridized carbons (Fsp3) is 0.143. The Morgan fingerprint density at radius 1 is 1.22 bits per heavy atom. The van der Waals surface area contributed by atoms with E-state index in [1.54, 1.807) is 18.3 Å². The highest BCUT2D eigenvalue weighted by Crippen LogP contribution is 2.13. The fourth-order valence-electron chi connectivity index (χ4n) is 1.59. The number of pyridine rings is 1. The van der Waals surface area contributed by atoms with Gasteiger partial charge in [0.15, 0.2) is 0 Å². The van der Waals surface area contributed by atoms with E-state index in [9.17, 15) is 4.79 Å². The van der Waals surface area contributed by atoms with Gasteiger partial charge in [-0.1, -0.05) is 22.0 Å². The van der Waals surface area contributed by atoms with E-state index in [0.717, 1.165) is 10.2 Å². The molecule has 0 radical (unpaired) electrons. The maximum Gasteiger partial charge on any atom is 0.251 e. The number of halogens is 1. The Balaban J connectivity index is 2.06. The Hall–Kier alpha value is -1.68. The van der Waals surface area contributed by atoms with Crippen molar-refractivity contribution in [2.75, 3.05) is 0 Å². The lowest BCUT2D eigenvalue weighted by atomic mass is 10.1. The van der Waals surface area contributed by atoms with Crippen LogP contribution in [0.25, 0.3) is 0 Å². The van der Waals surface area contributed by atoms with Crippen LogP contribution in [0.3, 0.4) is 0 Å². The van der Waals surface area contributed by atoms with Gasteiger partial charge < -0.3 is 5.32 Å². The Morgan fingerprint density at radius 2 is 1.94 bits per heavy atom. The molecular weight excluding hydrogens is 292 g/mol. The summed E-state index contributed by atoms with van der Waals surface area (Å²) in [7, 11) is 0. The molecule has 1 unspecified atom stereocenters. The van der Waals surface area contributed by atoms with Gasteiger partial charge in [0, 0.05) is 16.2 Å². The molecule has 2 rings (SSSR count). The van der Waals surface area contributed by atoms with Crippen LogP contribution in [0.2, 0.25) is 0 Å². The summed E-state index contributed by atoms with van der Waals surface area (Å²) in [6.07, 6.45) is 1.72. The van der Waals surface area contributed by atoms with Gasteiger partial charge in [-0.15, -0.1) is 0 Å². The van der Waals surface area contributed by atoms with Crippen molar-refractivity contribution >= 4 is 21.8 Å². The van der Waals surface area contributed by atoms with Gasteiger partial charge in [-0.2, -0.15) is 0 Å². The summed E-state index contributed by atoms with van der Waals surface area (Å²) in [6, 6.07) is 12.8. The molecule has 0 aliphatic heterocycles. The van der Waals surface area contributed by atoms with Gasteiger partial charge in [0.05, 0.1) is 11.7 Å². The van der Waals surface area contributed by atoms with E-state index in [-0.39, 0.29) is 11.9 Å².